The van der Waals surface area contributed by atoms with Crippen LogP contribution in [0, 0.1) is 0 Å². The molecule has 0 N–H and O–H groups in total. The highest BCUT2D eigenvalue weighted by Crippen LogP contribution is 2.13. The van der Waals surface area contributed by atoms with E-state index in [1.54, 1.807) is 0 Å². The van der Waals surface area contributed by atoms with Gasteiger partial charge in [0, 0.05) is 30.9 Å². The summed E-state index contributed by atoms with van der Waals surface area (Å²) in [7, 11) is 1.96. The molecule has 0 radical (unpaired) electrons. The van der Waals surface area contributed by atoms with E-state index in [1.807, 2.05) is 42.1 Å². The van der Waals surface area contributed by atoms with Crippen molar-refractivity contribution in [1.82, 2.24) is 4.57 Å². The van der Waals surface area contributed by atoms with E-state index in [-0.39, 0.29) is 0 Å². The zero-order valence-corrected chi connectivity index (χ0v) is 8.68. The molecule has 0 atom stereocenters. The topological polar surface area (TPSA) is 22.0 Å². The number of nitrogens with zero attached hydrogens (tertiary/aromatic N) is 1. The minimum absolute atomic E-state index is 0.779. The Balaban J connectivity index is 2.31. The molecule has 2 heteroatoms. The fraction of sp³-hybridized carbons (Fsp3) is 0.154. The van der Waals surface area contributed by atoms with Crippen molar-refractivity contribution in [2.45, 2.75) is 6.42 Å². The Morgan fingerprint density at radius 1 is 1.20 bits per heavy atom. The Bertz CT molecular complexity index is 457. The molecule has 0 saturated heterocycles. The normalized spacial score (nSPS) is 10.2. The standard InChI is InChI=1S/C13H13NO/c1-14-8-7-12(10-15)13(14)9-11-5-3-2-4-6-11/h2-8,10H,9H2,1H3. The number of carbonyl (C=O) groups is 1. The molecule has 2 nitrogen and oxygen atoms in total. The van der Waals surface area contributed by atoms with Gasteiger partial charge in [0.15, 0.2) is 6.29 Å². The van der Waals surface area contributed by atoms with Gasteiger partial charge < -0.3 is 4.57 Å². The maximum Gasteiger partial charge on any atom is 0.151 e. The molecule has 0 aliphatic heterocycles. The van der Waals surface area contributed by atoms with E-state index in [0.29, 0.717) is 0 Å². The fourth-order valence-corrected chi connectivity index (χ4v) is 1.71. The van der Waals surface area contributed by atoms with Crippen LogP contribution in [0.3, 0.4) is 0 Å². The van der Waals surface area contributed by atoms with E-state index < -0.39 is 0 Å². The van der Waals surface area contributed by atoms with Gasteiger partial charge in [-0.3, -0.25) is 4.79 Å². The third kappa shape index (κ3) is 1.99. The highest BCUT2D eigenvalue weighted by atomic mass is 16.1. The van der Waals surface area contributed by atoms with E-state index in [4.69, 9.17) is 0 Å². The molecule has 15 heavy (non-hydrogen) atoms. The van der Waals surface area contributed by atoms with E-state index in [0.717, 1.165) is 24.0 Å². The molecule has 0 spiro atoms. The van der Waals surface area contributed by atoms with Crippen molar-refractivity contribution in [1.29, 1.82) is 0 Å². The third-order valence-electron chi connectivity index (χ3n) is 2.58. The first-order chi connectivity index (χ1) is 7.31. The Morgan fingerprint density at radius 2 is 1.93 bits per heavy atom. The molecular formula is C13H13NO. The van der Waals surface area contributed by atoms with Gasteiger partial charge in [-0.1, -0.05) is 30.3 Å². The van der Waals surface area contributed by atoms with Crippen LogP contribution < -0.4 is 0 Å². The largest absolute Gasteiger partial charge is 0.353 e. The average molecular weight is 199 g/mol. The highest BCUT2D eigenvalue weighted by molar-refractivity contribution is 5.76. The number of aromatic nitrogens is 1. The molecule has 2 aromatic rings. The maximum atomic E-state index is 10.8. The first kappa shape index (κ1) is 9.71. The quantitative estimate of drug-likeness (QED) is 0.696. The fourth-order valence-electron chi connectivity index (χ4n) is 1.71. The van der Waals surface area contributed by atoms with Gasteiger partial charge in [-0.2, -0.15) is 0 Å². The van der Waals surface area contributed by atoms with Crippen LogP contribution in [-0.2, 0) is 13.5 Å². The molecule has 2 rings (SSSR count). The SMILES string of the molecule is Cn1ccc(C=O)c1Cc1ccccc1. The third-order valence-corrected chi connectivity index (χ3v) is 2.58. The van der Waals surface area contributed by atoms with Crippen molar-refractivity contribution in [3.63, 3.8) is 0 Å². The van der Waals surface area contributed by atoms with E-state index in [2.05, 4.69) is 12.1 Å². The van der Waals surface area contributed by atoms with Gasteiger partial charge in [-0.05, 0) is 11.6 Å². The second-order valence-corrected chi connectivity index (χ2v) is 3.61. The van der Waals surface area contributed by atoms with Gasteiger partial charge in [0.05, 0.1) is 0 Å². The van der Waals surface area contributed by atoms with Crippen LogP contribution in [0.4, 0.5) is 0 Å². The monoisotopic (exact) mass is 199 g/mol. The smallest absolute Gasteiger partial charge is 0.151 e. The first-order valence-electron chi connectivity index (χ1n) is 4.94. The number of benzene rings is 1. The van der Waals surface area contributed by atoms with Crippen LogP contribution in [0.25, 0.3) is 0 Å². The lowest BCUT2D eigenvalue weighted by molar-refractivity contribution is 0.112. The number of rotatable bonds is 3. The van der Waals surface area contributed by atoms with Crippen LogP contribution in [0.5, 0.6) is 0 Å². The van der Waals surface area contributed by atoms with Crippen molar-refractivity contribution >= 4 is 6.29 Å². The number of carbonyl (C=O) groups excluding carboxylic acids is 1. The zero-order valence-electron chi connectivity index (χ0n) is 8.68. The Kier molecular flexibility index (Phi) is 2.68. The second-order valence-electron chi connectivity index (χ2n) is 3.61. The summed E-state index contributed by atoms with van der Waals surface area (Å²) in [6.45, 7) is 0. The summed E-state index contributed by atoms with van der Waals surface area (Å²) in [6.07, 6.45) is 3.64. The number of aldehydes is 1. The molecule has 76 valence electrons. The first-order valence-corrected chi connectivity index (χ1v) is 4.94. The Hall–Kier alpha value is -1.83. The number of hydrogen-bond donors (Lipinski definition) is 0. The van der Waals surface area contributed by atoms with Crippen LogP contribution in [0.1, 0.15) is 21.6 Å². The van der Waals surface area contributed by atoms with Gasteiger partial charge in [0.1, 0.15) is 0 Å². The van der Waals surface area contributed by atoms with Crippen molar-refractivity contribution in [2.24, 2.45) is 7.05 Å². The van der Waals surface area contributed by atoms with Gasteiger partial charge >= 0.3 is 0 Å². The Morgan fingerprint density at radius 3 is 2.60 bits per heavy atom. The summed E-state index contributed by atoms with van der Waals surface area (Å²) in [4.78, 5) is 10.8. The van der Waals surface area contributed by atoms with Crippen molar-refractivity contribution in [3.8, 4) is 0 Å². The molecule has 1 aromatic heterocycles. The van der Waals surface area contributed by atoms with Crippen LogP contribution in [0.15, 0.2) is 42.6 Å². The minimum Gasteiger partial charge on any atom is -0.353 e. The van der Waals surface area contributed by atoms with Crippen molar-refractivity contribution in [3.05, 3.63) is 59.4 Å². The second kappa shape index (κ2) is 4.13. The molecule has 0 aliphatic rings. The lowest BCUT2D eigenvalue weighted by Gasteiger charge is -2.04. The molecule has 0 bridgehead atoms. The van der Waals surface area contributed by atoms with Crippen molar-refractivity contribution < 1.29 is 4.79 Å². The zero-order chi connectivity index (χ0) is 10.7. The highest BCUT2D eigenvalue weighted by Gasteiger charge is 2.06. The van der Waals surface area contributed by atoms with Gasteiger partial charge in [-0.25, -0.2) is 0 Å². The number of hydrogen-bond acceptors (Lipinski definition) is 1. The molecule has 1 aromatic carbocycles. The molecule has 0 fully saturated rings. The maximum absolute atomic E-state index is 10.8. The molecule has 0 saturated carbocycles. The summed E-state index contributed by atoms with van der Waals surface area (Å²) < 4.78 is 2.00. The summed E-state index contributed by atoms with van der Waals surface area (Å²) in [6, 6.07) is 12.0. The molecule has 0 unspecified atom stereocenters. The van der Waals surface area contributed by atoms with Crippen LogP contribution >= 0.6 is 0 Å². The van der Waals surface area contributed by atoms with Gasteiger partial charge in [0.25, 0.3) is 0 Å². The molecule has 0 amide bonds. The summed E-state index contributed by atoms with van der Waals surface area (Å²) in [5.41, 5.74) is 3.07. The predicted molar refractivity (Wildman–Crippen MR) is 60.0 cm³/mol. The summed E-state index contributed by atoms with van der Waals surface area (Å²) >= 11 is 0. The average Bonchev–Trinajstić information content (AvgIpc) is 2.62. The number of aryl methyl sites for hydroxylation is 1. The summed E-state index contributed by atoms with van der Waals surface area (Å²) in [5.74, 6) is 0. The van der Waals surface area contributed by atoms with E-state index in [9.17, 15) is 4.79 Å². The van der Waals surface area contributed by atoms with Crippen molar-refractivity contribution in [2.75, 3.05) is 0 Å². The predicted octanol–water partition coefficient (Wildman–Crippen LogP) is 2.43. The van der Waals surface area contributed by atoms with Gasteiger partial charge in [0.2, 0.25) is 0 Å². The molecule has 1 heterocycles. The lowest BCUT2D eigenvalue weighted by Crippen LogP contribution is -1.99. The summed E-state index contributed by atoms with van der Waals surface area (Å²) in [5, 5.41) is 0. The lowest BCUT2D eigenvalue weighted by atomic mass is 10.1. The van der Waals surface area contributed by atoms with E-state index >= 15 is 0 Å². The molecular weight excluding hydrogens is 186 g/mol. The van der Waals surface area contributed by atoms with Crippen LogP contribution in [0.2, 0.25) is 0 Å². The van der Waals surface area contributed by atoms with Gasteiger partial charge in [-0.15, -0.1) is 0 Å². The molecule has 0 aliphatic carbocycles. The minimum atomic E-state index is 0.779. The Labute approximate surface area is 89.2 Å². The van der Waals surface area contributed by atoms with E-state index in [1.165, 1.54) is 5.56 Å². The van der Waals surface area contributed by atoms with Crippen LogP contribution in [-0.4, -0.2) is 10.9 Å².